The first-order valence-corrected chi connectivity index (χ1v) is 13.6. The Morgan fingerprint density at radius 3 is 2.60 bits per heavy atom. The number of carbonyl (C=O) groups is 2. The van der Waals surface area contributed by atoms with Crippen molar-refractivity contribution in [2.24, 2.45) is 16.8 Å². The van der Waals surface area contributed by atoms with E-state index >= 15 is 0 Å². The maximum Gasteiger partial charge on any atom is 0.247 e. The Morgan fingerprint density at radius 1 is 1.15 bits per heavy atom. The molecule has 0 radical (unpaired) electrons. The standard InChI is InChI=1S/C33H37N3O4/c1-6-33(38)36-29-12-7-21(2)15-30(29)35-32-14-11-28-22(3)8-13-31(37)24(18-25(28)20-34-32)10-9-23-16-26(39-4)19-27(17-23)40-5/h6-7,12,14-17,19-20,22,24H,1,8-10,13,18H2,2-5H3,(H,34,35)(H,36,38). The Morgan fingerprint density at radius 2 is 1.90 bits per heavy atom. The van der Waals surface area contributed by atoms with Crippen LogP contribution in [0.5, 0.6) is 11.5 Å². The molecule has 2 unspecified atom stereocenters. The number of amidine groups is 1. The van der Waals surface area contributed by atoms with Gasteiger partial charge in [0.2, 0.25) is 5.91 Å². The minimum Gasteiger partial charge on any atom is -0.497 e. The van der Waals surface area contributed by atoms with E-state index < -0.39 is 0 Å². The highest BCUT2D eigenvalue weighted by molar-refractivity contribution is 6.08. The van der Waals surface area contributed by atoms with Gasteiger partial charge in [-0.1, -0.05) is 19.6 Å². The predicted octanol–water partition coefficient (Wildman–Crippen LogP) is 6.56. The van der Waals surface area contributed by atoms with Crippen LogP contribution in [-0.4, -0.2) is 31.7 Å². The normalized spacial score (nSPS) is 18.6. The molecule has 1 aliphatic heterocycles. The van der Waals surface area contributed by atoms with E-state index in [0.717, 1.165) is 58.7 Å². The van der Waals surface area contributed by atoms with Gasteiger partial charge in [-0.2, -0.15) is 0 Å². The van der Waals surface area contributed by atoms with Gasteiger partial charge in [-0.25, -0.2) is 4.99 Å². The molecule has 0 spiro atoms. The number of anilines is 2. The van der Waals surface area contributed by atoms with Crippen LogP contribution in [0.25, 0.3) is 0 Å². The zero-order valence-corrected chi connectivity index (χ0v) is 23.7. The van der Waals surface area contributed by atoms with E-state index in [1.54, 1.807) is 14.2 Å². The topological polar surface area (TPSA) is 89.0 Å². The molecule has 2 N–H and O–H groups in total. The Balaban J connectivity index is 1.57. The summed E-state index contributed by atoms with van der Waals surface area (Å²) in [7, 11) is 3.28. The smallest absolute Gasteiger partial charge is 0.247 e. The number of Topliss-reactive ketones (excluding diaryl/α,β-unsaturated/α-hetero) is 1. The van der Waals surface area contributed by atoms with Crippen LogP contribution in [-0.2, 0) is 16.0 Å². The Bertz CT molecular complexity index is 1410. The number of rotatable bonds is 8. The van der Waals surface area contributed by atoms with Crippen molar-refractivity contribution in [1.82, 2.24) is 0 Å². The van der Waals surface area contributed by atoms with Gasteiger partial charge < -0.3 is 20.1 Å². The summed E-state index contributed by atoms with van der Waals surface area (Å²) in [4.78, 5) is 29.9. The molecule has 2 aliphatic rings. The number of benzene rings is 2. The number of amides is 1. The largest absolute Gasteiger partial charge is 0.497 e. The highest BCUT2D eigenvalue weighted by Crippen LogP contribution is 2.35. The summed E-state index contributed by atoms with van der Waals surface area (Å²) in [5.41, 5.74) is 9.08. The van der Waals surface area contributed by atoms with Crippen molar-refractivity contribution in [2.45, 2.75) is 46.0 Å². The van der Waals surface area contributed by atoms with Gasteiger partial charge in [-0.3, -0.25) is 9.59 Å². The molecule has 7 nitrogen and oxygen atoms in total. The van der Waals surface area contributed by atoms with Crippen molar-refractivity contribution < 1.29 is 19.1 Å². The van der Waals surface area contributed by atoms with Crippen LogP contribution in [0.4, 0.5) is 11.4 Å². The zero-order chi connectivity index (χ0) is 28.6. The quantitative estimate of drug-likeness (QED) is 0.293. The van der Waals surface area contributed by atoms with Crippen LogP contribution >= 0.6 is 0 Å². The number of ketones is 1. The van der Waals surface area contributed by atoms with Gasteiger partial charge >= 0.3 is 0 Å². The van der Waals surface area contributed by atoms with Gasteiger partial charge in [-0.15, -0.1) is 5.73 Å². The molecule has 4 rings (SSSR count). The Kier molecular flexibility index (Phi) is 9.41. The summed E-state index contributed by atoms with van der Waals surface area (Å²) in [5.74, 6) is 2.16. The molecule has 1 amide bonds. The molecule has 2 atom stereocenters. The molecule has 0 bridgehead atoms. The summed E-state index contributed by atoms with van der Waals surface area (Å²) >= 11 is 0. The van der Waals surface area contributed by atoms with E-state index in [1.807, 2.05) is 55.6 Å². The first-order chi connectivity index (χ1) is 19.3. The first-order valence-electron chi connectivity index (χ1n) is 13.6. The van der Waals surface area contributed by atoms with E-state index in [4.69, 9.17) is 14.5 Å². The minimum atomic E-state index is -0.287. The average molecular weight is 540 g/mol. The molecular weight excluding hydrogens is 502 g/mol. The van der Waals surface area contributed by atoms with Gasteiger partial charge in [0.1, 0.15) is 23.1 Å². The summed E-state index contributed by atoms with van der Waals surface area (Å²) in [5, 5.41) is 6.17. The molecule has 0 aromatic heterocycles. The lowest BCUT2D eigenvalue weighted by atomic mass is 9.78. The van der Waals surface area contributed by atoms with Gasteiger partial charge in [0, 0.05) is 36.3 Å². The molecule has 1 saturated carbocycles. The predicted molar refractivity (Wildman–Crippen MR) is 160 cm³/mol. The second kappa shape index (κ2) is 13.1. The van der Waals surface area contributed by atoms with Crippen LogP contribution in [0.1, 0.15) is 43.7 Å². The molecule has 2 aromatic rings. The van der Waals surface area contributed by atoms with Crippen molar-refractivity contribution in [3.05, 3.63) is 89.3 Å². The third-order valence-corrected chi connectivity index (χ3v) is 7.38. The molecule has 40 heavy (non-hydrogen) atoms. The van der Waals surface area contributed by atoms with Gasteiger partial charge in [0.05, 0.1) is 25.6 Å². The molecule has 2 aromatic carbocycles. The van der Waals surface area contributed by atoms with Crippen molar-refractivity contribution in [1.29, 1.82) is 0 Å². The number of aryl methyl sites for hydroxylation is 2. The number of ether oxygens (including phenoxy) is 2. The minimum absolute atomic E-state index is 0.116. The summed E-state index contributed by atoms with van der Waals surface area (Å²) < 4.78 is 10.8. The highest BCUT2D eigenvalue weighted by atomic mass is 16.5. The van der Waals surface area contributed by atoms with E-state index in [0.29, 0.717) is 30.1 Å². The second-order valence-electron chi connectivity index (χ2n) is 10.3. The third kappa shape index (κ3) is 7.19. The first kappa shape index (κ1) is 28.7. The number of nitrogens with one attached hydrogen (secondary N) is 2. The monoisotopic (exact) mass is 539 g/mol. The number of methoxy groups -OCH3 is 2. The number of nitrogens with zero attached hydrogens (tertiary/aromatic N) is 1. The molecular formula is C33H37N3O4. The molecule has 208 valence electrons. The van der Waals surface area contributed by atoms with Gasteiger partial charge in [-0.05, 0) is 85.6 Å². The SMILES string of the molecule is C=CC(=O)Nc1ccc(C)cc1NC1=NC=C2CC(CCc3cc(OC)cc(OC)c3)C(=O)CCC(C)C2=C=C1. The van der Waals surface area contributed by atoms with Crippen molar-refractivity contribution in [3.8, 4) is 11.5 Å². The third-order valence-electron chi connectivity index (χ3n) is 7.38. The van der Waals surface area contributed by atoms with E-state index in [1.165, 1.54) is 6.08 Å². The highest BCUT2D eigenvalue weighted by Gasteiger charge is 2.27. The summed E-state index contributed by atoms with van der Waals surface area (Å²) in [6.45, 7) is 7.66. The number of fused-ring (bicyclic) bond motifs is 1. The van der Waals surface area contributed by atoms with E-state index in [9.17, 15) is 9.59 Å². The average Bonchev–Trinajstić information content (AvgIpc) is 3.15. The lowest BCUT2D eigenvalue weighted by Crippen LogP contribution is -2.21. The van der Waals surface area contributed by atoms with Crippen LogP contribution < -0.4 is 20.1 Å². The van der Waals surface area contributed by atoms with E-state index in [-0.39, 0.29) is 17.7 Å². The molecule has 1 fully saturated rings. The number of aliphatic imine (C=N–C) groups is 1. The number of allylic oxidation sites excluding steroid dienone is 1. The van der Waals surface area contributed by atoms with Crippen molar-refractivity contribution >= 4 is 28.9 Å². The summed E-state index contributed by atoms with van der Waals surface area (Å²) in [6, 6.07) is 11.6. The Labute approximate surface area is 236 Å². The molecule has 1 aliphatic carbocycles. The van der Waals surface area contributed by atoms with Crippen molar-refractivity contribution in [3.63, 3.8) is 0 Å². The van der Waals surface area contributed by atoms with Gasteiger partial charge in [0.15, 0.2) is 0 Å². The maximum atomic E-state index is 13.2. The maximum absolute atomic E-state index is 13.2. The van der Waals surface area contributed by atoms with E-state index in [2.05, 4.69) is 29.9 Å². The van der Waals surface area contributed by atoms with Gasteiger partial charge in [0.25, 0.3) is 0 Å². The second-order valence-corrected chi connectivity index (χ2v) is 10.3. The number of hydrogen-bond acceptors (Lipinski definition) is 6. The fourth-order valence-electron chi connectivity index (χ4n) is 5.08. The van der Waals surface area contributed by atoms with Crippen LogP contribution in [0.15, 0.2) is 83.2 Å². The molecule has 1 heterocycles. The van der Waals surface area contributed by atoms with Crippen LogP contribution in [0, 0.1) is 18.8 Å². The lowest BCUT2D eigenvalue weighted by Gasteiger charge is -2.25. The van der Waals surface area contributed by atoms with Crippen molar-refractivity contribution in [2.75, 3.05) is 24.9 Å². The van der Waals surface area contributed by atoms with Crippen LogP contribution in [0.3, 0.4) is 0 Å². The fraction of sp³-hybridized carbons (Fsp3) is 0.333. The Hall–Kier alpha value is -4.35. The zero-order valence-electron chi connectivity index (χ0n) is 23.7. The number of hydrogen-bond donors (Lipinski definition) is 2. The lowest BCUT2D eigenvalue weighted by molar-refractivity contribution is -0.123. The fourth-order valence-corrected chi connectivity index (χ4v) is 5.08. The molecule has 0 saturated heterocycles. The summed E-state index contributed by atoms with van der Waals surface area (Å²) in [6.07, 6.45) is 8.35. The number of carbonyl (C=O) groups excluding carboxylic acids is 2. The van der Waals surface area contributed by atoms with Crippen LogP contribution in [0.2, 0.25) is 0 Å². The molecule has 7 heteroatoms.